The van der Waals surface area contributed by atoms with Crippen molar-refractivity contribution in [2.45, 2.75) is 20.8 Å². The van der Waals surface area contributed by atoms with Crippen LogP contribution in [0.25, 0.3) is 15.9 Å². The van der Waals surface area contributed by atoms with E-state index in [1.807, 2.05) is 49.4 Å². The first-order valence-electron chi connectivity index (χ1n) is 11.7. The molecule has 0 saturated heterocycles. The van der Waals surface area contributed by atoms with Crippen molar-refractivity contribution in [2.75, 3.05) is 45.3 Å². The first kappa shape index (κ1) is 24.7. The van der Waals surface area contributed by atoms with Crippen LogP contribution in [-0.2, 0) is 0 Å². The molecular weight excluding hydrogens is 462 g/mol. The largest absolute Gasteiger partial charge is 0.495 e. The molecule has 0 spiro atoms. The number of likely N-dealkylation sites (N-methyl/N-ethyl adjacent to an activating group) is 1. The van der Waals surface area contributed by atoms with Crippen molar-refractivity contribution in [1.82, 2.24) is 19.7 Å². The lowest BCUT2D eigenvalue weighted by Crippen LogP contribution is -2.39. The summed E-state index contributed by atoms with van der Waals surface area (Å²) < 4.78 is 13.7. The van der Waals surface area contributed by atoms with Gasteiger partial charge in [-0.1, -0.05) is 43.4 Å². The molecule has 0 aliphatic rings. The maximum absolute atomic E-state index is 13.9. The van der Waals surface area contributed by atoms with Crippen molar-refractivity contribution in [3.05, 3.63) is 59.9 Å². The molecule has 0 saturated carbocycles. The van der Waals surface area contributed by atoms with Gasteiger partial charge >= 0.3 is 0 Å². The number of methoxy groups -OCH3 is 2. The summed E-state index contributed by atoms with van der Waals surface area (Å²) in [6, 6.07) is 13.5. The summed E-state index contributed by atoms with van der Waals surface area (Å²) in [5.74, 6) is 1.22. The highest BCUT2D eigenvalue weighted by molar-refractivity contribution is 7.22. The lowest BCUT2D eigenvalue weighted by Gasteiger charge is -2.24. The van der Waals surface area contributed by atoms with Gasteiger partial charge in [-0.2, -0.15) is 5.10 Å². The number of fused-ring (bicyclic) bond motifs is 1. The van der Waals surface area contributed by atoms with Crippen LogP contribution in [0.15, 0.2) is 48.7 Å². The number of thiazole rings is 1. The maximum Gasteiger partial charge on any atom is 0.263 e. The average Bonchev–Trinajstić information content (AvgIpc) is 3.50. The van der Waals surface area contributed by atoms with Crippen molar-refractivity contribution in [3.63, 3.8) is 0 Å². The SMILES string of the molecule is CCN(CC)CCN(C(=O)c1cnn(-c2ccccc2)c1C)c1nc2c(OC)ccc(OC)c2s1. The minimum atomic E-state index is -0.131. The summed E-state index contributed by atoms with van der Waals surface area (Å²) in [6.07, 6.45) is 1.64. The molecule has 0 atom stereocenters. The number of nitrogens with zero attached hydrogens (tertiary/aromatic N) is 5. The second-order valence-corrected chi connectivity index (χ2v) is 9.00. The van der Waals surface area contributed by atoms with Crippen LogP contribution in [0.1, 0.15) is 29.9 Å². The van der Waals surface area contributed by atoms with Gasteiger partial charge in [-0.3, -0.25) is 9.69 Å². The molecule has 2 heterocycles. The van der Waals surface area contributed by atoms with Crippen LogP contribution >= 0.6 is 11.3 Å². The molecule has 2 aromatic carbocycles. The van der Waals surface area contributed by atoms with E-state index in [-0.39, 0.29) is 5.91 Å². The van der Waals surface area contributed by atoms with Gasteiger partial charge in [0.1, 0.15) is 21.7 Å². The van der Waals surface area contributed by atoms with Crippen molar-refractivity contribution < 1.29 is 14.3 Å². The van der Waals surface area contributed by atoms with Crippen molar-refractivity contribution in [2.24, 2.45) is 0 Å². The Kier molecular flexibility index (Phi) is 7.67. The zero-order valence-electron chi connectivity index (χ0n) is 20.8. The smallest absolute Gasteiger partial charge is 0.263 e. The molecule has 9 heteroatoms. The van der Waals surface area contributed by atoms with E-state index in [4.69, 9.17) is 14.5 Å². The highest BCUT2D eigenvalue weighted by atomic mass is 32.1. The Morgan fingerprint density at radius 2 is 1.69 bits per heavy atom. The second-order valence-electron chi connectivity index (χ2n) is 8.02. The quantitative estimate of drug-likeness (QED) is 0.316. The molecular formula is C26H31N5O3S. The lowest BCUT2D eigenvalue weighted by molar-refractivity contribution is 0.0983. The number of rotatable bonds is 10. The number of amides is 1. The second kappa shape index (κ2) is 10.9. The molecule has 184 valence electrons. The first-order valence-corrected chi connectivity index (χ1v) is 12.5. The molecule has 2 aromatic heterocycles. The molecule has 1 amide bonds. The summed E-state index contributed by atoms with van der Waals surface area (Å²) in [7, 11) is 3.25. The fraction of sp³-hybridized carbons (Fsp3) is 0.346. The van der Waals surface area contributed by atoms with Gasteiger partial charge < -0.3 is 14.4 Å². The van der Waals surface area contributed by atoms with Crippen LogP contribution in [0.5, 0.6) is 11.5 Å². The predicted octanol–water partition coefficient (Wildman–Crippen LogP) is 4.80. The number of hydrogen-bond donors (Lipinski definition) is 0. The summed E-state index contributed by atoms with van der Waals surface area (Å²) in [4.78, 5) is 22.8. The molecule has 0 N–H and O–H groups in total. The highest BCUT2D eigenvalue weighted by Gasteiger charge is 2.27. The minimum absolute atomic E-state index is 0.131. The van der Waals surface area contributed by atoms with E-state index in [1.54, 1.807) is 30.0 Å². The zero-order valence-corrected chi connectivity index (χ0v) is 21.6. The van der Waals surface area contributed by atoms with Crippen LogP contribution in [-0.4, -0.2) is 66.0 Å². The van der Waals surface area contributed by atoms with Gasteiger partial charge in [-0.05, 0) is 44.3 Å². The van der Waals surface area contributed by atoms with Crippen molar-refractivity contribution in [1.29, 1.82) is 0 Å². The molecule has 0 unspecified atom stereocenters. The zero-order chi connectivity index (χ0) is 24.9. The summed E-state index contributed by atoms with van der Waals surface area (Å²) in [5.41, 5.74) is 2.93. The van der Waals surface area contributed by atoms with Gasteiger partial charge in [0.2, 0.25) is 0 Å². The standard InChI is InChI=1S/C26H31N5O3S/c1-6-29(7-2)15-16-30(26-28-23-21(33-4)13-14-22(34-5)24(23)35-26)25(32)20-17-27-31(18(20)3)19-11-9-8-10-12-19/h8-14,17H,6-7,15-16H2,1-5H3. The number of hydrogen-bond acceptors (Lipinski definition) is 7. The van der Waals surface area contributed by atoms with Gasteiger partial charge in [0.25, 0.3) is 5.91 Å². The molecule has 35 heavy (non-hydrogen) atoms. The van der Waals surface area contributed by atoms with Crippen LogP contribution < -0.4 is 14.4 Å². The van der Waals surface area contributed by atoms with Gasteiger partial charge in [0.05, 0.1) is 37.4 Å². The van der Waals surface area contributed by atoms with E-state index < -0.39 is 0 Å². The van der Waals surface area contributed by atoms with Gasteiger partial charge in [-0.15, -0.1) is 0 Å². The van der Waals surface area contributed by atoms with E-state index in [0.29, 0.717) is 34.3 Å². The number of anilines is 1. The van der Waals surface area contributed by atoms with Crippen LogP contribution in [0.2, 0.25) is 0 Å². The first-order chi connectivity index (χ1) is 17.0. The Morgan fingerprint density at radius 3 is 2.34 bits per heavy atom. The Balaban J connectivity index is 1.77. The fourth-order valence-corrected chi connectivity index (χ4v) is 5.15. The average molecular weight is 494 g/mol. The number of carbonyl (C=O) groups is 1. The highest BCUT2D eigenvalue weighted by Crippen LogP contribution is 2.40. The Labute approximate surface area is 209 Å². The van der Waals surface area contributed by atoms with Gasteiger partial charge in [0, 0.05) is 13.1 Å². The number of carbonyl (C=O) groups excluding carboxylic acids is 1. The monoisotopic (exact) mass is 493 g/mol. The van der Waals surface area contributed by atoms with Crippen molar-refractivity contribution >= 4 is 32.6 Å². The third-order valence-corrected chi connectivity index (χ3v) is 7.24. The minimum Gasteiger partial charge on any atom is -0.495 e. The Bertz CT molecular complexity index is 1260. The van der Waals surface area contributed by atoms with Crippen LogP contribution in [0, 0.1) is 6.92 Å². The fourth-order valence-electron chi connectivity index (χ4n) is 4.05. The van der Waals surface area contributed by atoms with E-state index in [0.717, 1.165) is 35.7 Å². The molecule has 0 aliphatic carbocycles. The molecule has 4 rings (SSSR count). The molecule has 0 aliphatic heterocycles. The number of ether oxygens (including phenoxy) is 2. The summed E-state index contributed by atoms with van der Waals surface area (Å²) in [6.45, 7) is 9.21. The summed E-state index contributed by atoms with van der Waals surface area (Å²) >= 11 is 1.43. The third-order valence-electron chi connectivity index (χ3n) is 6.15. The van der Waals surface area contributed by atoms with Gasteiger partial charge in [0.15, 0.2) is 5.13 Å². The van der Waals surface area contributed by atoms with E-state index >= 15 is 0 Å². The topological polar surface area (TPSA) is 72.7 Å². The Morgan fingerprint density at radius 1 is 1.00 bits per heavy atom. The number of benzene rings is 2. The molecule has 0 bridgehead atoms. The normalized spacial score (nSPS) is 11.3. The van der Waals surface area contributed by atoms with E-state index in [9.17, 15) is 4.79 Å². The Hall–Kier alpha value is -3.43. The van der Waals surface area contributed by atoms with Crippen LogP contribution in [0.3, 0.4) is 0 Å². The molecule has 0 radical (unpaired) electrons. The lowest BCUT2D eigenvalue weighted by atomic mass is 10.2. The summed E-state index contributed by atoms with van der Waals surface area (Å²) in [5, 5.41) is 5.11. The molecule has 8 nitrogen and oxygen atoms in total. The van der Waals surface area contributed by atoms with Gasteiger partial charge in [-0.25, -0.2) is 9.67 Å². The third kappa shape index (κ3) is 4.87. The number of aromatic nitrogens is 3. The predicted molar refractivity (Wildman–Crippen MR) is 140 cm³/mol. The van der Waals surface area contributed by atoms with E-state index in [2.05, 4.69) is 23.8 Å². The molecule has 4 aromatic rings. The maximum atomic E-state index is 13.9. The van der Waals surface area contributed by atoms with E-state index in [1.165, 1.54) is 11.3 Å². The van der Waals surface area contributed by atoms with Crippen LogP contribution in [0.4, 0.5) is 5.13 Å². The molecule has 0 fully saturated rings. The number of para-hydroxylation sites is 1. The van der Waals surface area contributed by atoms with Crippen molar-refractivity contribution in [3.8, 4) is 17.2 Å².